The Hall–Kier alpha value is -1.02. The van der Waals surface area contributed by atoms with E-state index in [0.717, 1.165) is 0 Å². The summed E-state index contributed by atoms with van der Waals surface area (Å²) in [5, 5.41) is 0. The lowest BCUT2D eigenvalue weighted by Crippen LogP contribution is -2.26. The van der Waals surface area contributed by atoms with E-state index in [0.29, 0.717) is 37.3 Å². The van der Waals surface area contributed by atoms with Gasteiger partial charge in [-0.3, -0.25) is 0 Å². The number of nitrogens with one attached hydrogen (secondary N) is 1. The fourth-order valence-corrected chi connectivity index (χ4v) is 3.13. The zero-order valence-electron chi connectivity index (χ0n) is 11.7. The van der Waals surface area contributed by atoms with Crippen LogP contribution >= 0.6 is 12.2 Å². The van der Waals surface area contributed by atoms with E-state index in [2.05, 4.69) is 4.72 Å². The molecule has 3 N–H and O–H groups in total. The van der Waals surface area contributed by atoms with Gasteiger partial charge in [0.2, 0.25) is 10.0 Å². The number of hydrogen-bond donors (Lipinski definition) is 2. The summed E-state index contributed by atoms with van der Waals surface area (Å²) in [6.07, 6.45) is 0.636. The maximum absolute atomic E-state index is 12.2. The zero-order chi connectivity index (χ0) is 15.2. The second kappa shape index (κ2) is 7.68. The Morgan fingerprint density at radius 1 is 1.45 bits per heavy atom. The highest BCUT2D eigenvalue weighted by Crippen LogP contribution is 2.16. The second-order valence-corrected chi connectivity index (χ2v) is 6.47. The molecule has 7 heteroatoms. The summed E-state index contributed by atoms with van der Waals surface area (Å²) in [6.45, 7) is 5.14. The molecule has 20 heavy (non-hydrogen) atoms. The van der Waals surface area contributed by atoms with Gasteiger partial charge in [0.15, 0.2) is 0 Å². The fourth-order valence-electron chi connectivity index (χ4n) is 1.71. The molecule has 0 amide bonds. The molecule has 0 saturated heterocycles. The van der Waals surface area contributed by atoms with Gasteiger partial charge in [-0.25, -0.2) is 13.1 Å². The zero-order valence-corrected chi connectivity index (χ0v) is 13.3. The molecule has 0 fully saturated rings. The third kappa shape index (κ3) is 4.82. The average Bonchev–Trinajstić information content (AvgIpc) is 2.37. The van der Waals surface area contributed by atoms with Crippen LogP contribution < -0.4 is 10.5 Å². The summed E-state index contributed by atoms with van der Waals surface area (Å²) in [5.74, 6) is 0. The first kappa shape index (κ1) is 17.0. The lowest BCUT2D eigenvalue weighted by molar-refractivity contribution is 0.146. The standard InChI is InChI=1S/C13H20N2O3S2/c1-3-18-8-4-7-15-20(16,17)12-6-5-11(13(14)19)9-10(12)2/h5-6,9,15H,3-4,7-8H2,1-2H3,(H2,14,19). The summed E-state index contributed by atoms with van der Waals surface area (Å²) >= 11 is 4.87. The second-order valence-electron chi connectivity index (χ2n) is 4.29. The van der Waals surface area contributed by atoms with Gasteiger partial charge in [0.1, 0.15) is 4.99 Å². The van der Waals surface area contributed by atoms with E-state index in [-0.39, 0.29) is 9.88 Å². The van der Waals surface area contributed by atoms with Crippen LogP contribution in [-0.4, -0.2) is 33.2 Å². The molecular weight excluding hydrogens is 296 g/mol. The third-order valence-electron chi connectivity index (χ3n) is 2.71. The molecular formula is C13H20N2O3S2. The Balaban J connectivity index is 2.75. The number of nitrogens with two attached hydrogens (primary N) is 1. The third-order valence-corrected chi connectivity index (χ3v) is 4.57. The highest BCUT2D eigenvalue weighted by atomic mass is 32.2. The number of aryl methyl sites for hydroxylation is 1. The average molecular weight is 316 g/mol. The van der Waals surface area contributed by atoms with Crippen LogP contribution in [0.3, 0.4) is 0 Å². The predicted octanol–water partition coefficient (Wildman–Crippen LogP) is 1.33. The van der Waals surface area contributed by atoms with Gasteiger partial charge in [-0.05, 0) is 38.0 Å². The van der Waals surface area contributed by atoms with Crippen LogP contribution in [0, 0.1) is 6.92 Å². The van der Waals surface area contributed by atoms with Crippen LogP contribution in [0.15, 0.2) is 23.1 Å². The number of rotatable bonds is 8. The Morgan fingerprint density at radius 3 is 2.70 bits per heavy atom. The van der Waals surface area contributed by atoms with Crippen LogP contribution in [-0.2, 0) is 14.8 Å². The summed E-state index contributed by atoms with van der Waals surface area (Å²) in [7, 11) is -3.51. The van der Waals surface area contributed by atoms with Crippen molar-refractivity contribution in [2.24, 2.45) is 5.73 Å². The van der Waals surface area contributed by atoms with Gasteiger partial charge in [0.25, 0.3) is 0 Å². The van der Waals surface area contributed by atoms with E-state index in [1.165, 1.54) is 6.07 Å². The molecule has 0 bridgehead atoms. The van der Waals surface area contributed by atoms with E-state index in [1.807, 2.05) is 6.92 Å². The molecule has 0 aliphatic carbocycles. The van der Waals surface area contributed by atoms with Crippen molar-refractivity contribution in [1.29, 1.82) is 0 Å². The van der Waals surface area contributed by atoms with Gasteiger partial charge in [0.05, 0.1) is 4.90 Å². The topological polar surface area (TPSA) is 81.4 Å². The van der Waals surface area contributed by atoms with Crippen LogP contribution in [0.5, 0.6) is 0 Å². The first-order valence-electron chi connectivity index (χ1n) is 6.36. The Kier molecular flexibility index (Phi) is 6.54. The highest BCUT2D eigenvalue weighted by molar-refractivity contribution is 7.89. The van der Waals surface area contributed by atoms with Gasteiger partial charge < -0.3 is 10.5 Å². The van der Waals surface area contributed by atoms with Crippen molar-refractivity contribution in [1.82, 2.24) is 4.72 Å². The van der Waals surface area contributed by atoms with Crippen molar-refractivity contribution >= 4 is 27.2 Å². The van der Waals surface area contributed by atoms with E-state index in [4.69, 9.17) is 22.7 Å². The molecule has 0 radical (unpaired) electrons. The number of benzene rings is 1. The fraction of sp³-hybridized carbons (Fsp3) is 0.462. The Bertz CT molecular complexity index is 571. The molecule has 1 aromatic rings. The molecule has 112 valence electrons. The van der Waals surface area contributed by atoms with Crippen molar-refractivity contribution in [3.8, 4) is 0 Å². The molecule has 1 aromatic carbocycles. The lowest BCUT2D eigenvalue weighted by Gasteiger charge is -2.10. The largest absolute Gasteiger partial charge is 0.389 e. The molecule has 0 atom stereocenters. The number of sulfonamides is 1. The van der Waals surface area contributed by atoms with Gasteiger partial charge in [-0.15, -0.1) is 0 Å². The van der Waals surface area contributed by atoms with Gasteiger partial charge in [-0.2, -0.15) is 0 Å². The van der Waals surface area contributed by atoms with Gasteiger partial charge >= 0.3 is 0 Å². The predicted molar refractivity (Wildman–Crippen MR) is 83.4 cm³/mol. The number of ether oxygens (including phenoxy) is 1. The molecule has 5 nitrogen and oxygen atoms in total. The van der Waals surface area contributed by atoms with Crippen LogP contribution in [0.25, 0.3) is 0 Å². The number of hydrogen-bond acceptors (Lipinski definition) is 4. The van der Waals surface area contributed by atoms with Gasteiger partial charge in [0, 0.05) is 25.3 Å². The van der Waals surface area contributed by atoms with Crippen LogP contribution in [0.2, 0.25) is 0 Å². The first-order chi connectivity index (χ1) is 9.38. The SMILES string of the molecule is CCOCCCNS(=O)(=O)c1ccc(C(N)=S)cc1C. The molecule has 0 saturated carbocycles. The van der Waals surface area contributed by atoms with Crippen LogP contribution in [0.1, 0.15) is 24.5 Å². The van der Waals surface area contributed by atoms with Gasteiger partial charge in [-0.1, -0.05) is 18.3 Å². The summed E-state index contributed by atoms with van der Waals surface area (Å²) in [6, 6.07) is 4.82. The van der Waals surface area contributed by atoms with E-state index in [1.54, 1.807) is 19.1 Å². The maximum Gasteiger partial charge on any atom is 0.240 e. The van der Waals surface area contributed by atoms with E-state index in [9.17, 15) is 8.42 Å². The number of thiocarbonyl (C=S) groups is 1. The molecule has 0 spiro atoms. The van der Waals surface area contributed by atoms with Crippen molar-refractivity contribution < 1.29 is 13.2 Å². The Morgan fingerprint density at radius 2 is 2.15 bits per heavy atom. The highest BCUT2D eigenvalue weighted by Gasteiger charge is 2.16. The van der Waals surface area contributed by atoms with Crippen molar-refractivity contribution in [2.45, 2.75) is 25.2 Å². The summed E-state index contributed by atoms with van der Waals surface area (Å²) in [4.78, 5) is 0.496. The molecule has 1 rings (SSSR count). The quantitative estimate of drug-likeness (QED) is 0.559. The maximum atomic E-state index is 12.2. The monoisotopic (exact) mass is 316 g/mol. The van der Waals surface area contributed by atoms with Crippen molar-refractivity contribution in [3.63, 3.8) is 0 Å². The summed E-state index contributed by atoms with van der Waals surface area (Å²) in [5.41, 5.74) is 6.80. The molecule has 0 heterocycles. The smallest absolute Gasteiger partial charge is 0.240 e. The minimum Gasteiger partial charge on any atom is -0.389 e. The van der Waals surface area contributed by atoms with E-state index < -0.39 is 10.0 Å². The van der Waals surface area contributed by atoms with E-state index >= 15 is 0 Å². The molecule has 0 aromatic heterocycles. The first-order valence-corrected chi connectivity index (χ1v) is 8.25. The van der Waals surface area contributed by atoms with Crippen molar-refractivity contribution in [3.05, 3.63) is 29.3 Å². The molecule has 0 aliphatic rings. The molecule has 0 aliphatic heterocycles. The molecule has 0 unspecified atom stereocenters. The van der Waals surface area contributed by atoms with Crippen LogP contribution in [0.4, 0.5) is 0 Å². The minimum atomic E-state index is -3.51. The lowest BCUT2D eigenvalue weighted by atomic mass is 10.1. The minimum absolute atomic E-state index is 0.244. The van der Waals surface area contributed by atoms with Crippen molar-refractivity contribution in [2.75, 3.05) is 19.8 Å². The Labute approximate surface area is 125 Å². The normalized spacial score (nSPS) is 11.5. The summed E-state index contributed by atoms with van der Waals surface area (Å²) < 4.78 is 32.0.